The molecule has 3 aromatic rings. The summed E-state index contributed by atoms with van der Waals surface area (Å²) in [6.45, 7) is 2.43. The van der Waals surface area contributed by atoms with Crippen molar-refractivity contribution in [3.63, 3.8) is 0 Å². The van der Waals surface area contributed by atoms with Crippen molar-refractivity contribution in [2.75, 3.05) is 12.0 Å². The van der Waals surface area contributed by atoms with E-state index >= 15 is 0 Å². The molecule has 0 aliphatic carbocycles. The number of urea groups is 1. The standard InChI is InChI=1S/C27H22N2O6/c1-17-3-5-19(6-4-17)16-35-22-13-7-18(8-14-22)15-23-24(30)28-27(33)29(25(23)31)21-11-9-20(10-12-21)26(32)34-2/h3-15H,16H2,1-2H3,(H,28,30,33)/b23-15+. The number of carbonyl (C=O) groups is 4. The summed E-state index contributed by atoms with van der Waals surface area (Å²) in [6, 6.07) is 19.8. The highest BCUT2D eigenvalue weighted by molar-refractivity contribution is 6.39. The molecule has 3 aromatic carbocycles. The first kappa shape index (κ1) is 23.4. The van der Waals surface area contributed by atoms with Crippen LogP contribution in [-0.2, 0) is 20.9 Å². The molecule has 0 spiro atoms. The van der Waals surface area contributed by atoms with Crippen LogP contribution < -0.4 is 15.0 Å². The van der Waals surface area contributed by atoms with E-state index < -0.39 is 23.8 Å². The molecule has 4 rings (SSSR count). The van der Waals surface area contributed by atoms with Crippen molar-refractivity contribution in [1.29, 1.82) is 0 Å². The fourth-order valence-electron chi connectivity index (χ4n) is 3.43. The minimum Gasteiger partial charge on any atom is -0.489 e. The van der Waals surface area contributed by atoms with Crippen LogP contribution in [0.25, 0.3) is 6.08 Å². The van der Waals surface area contributed by atoms with Gasteiger partial charge in [0.2, 0.25) is 0 Å². The Hall–Kier alpha value is -4.72. The Morgan fingerprint density at radius 3 is 2.20 bits per heavy atom. The fraction of sp³-hybridized carbons (Fsp3) is 0.111. The zero-order valence-electron chi connectivity index (χ0n) is 19.1. The third kappa shape index (κ3) is 5.27. The Balaban J connectivity index is 1.50. The summed E-state index contributed by atoms with van der Waals surface area (Å²) in [7, 11) is 1.25. The quantitative estimate of drug-likeness (QED) is 0.332. The van der Waals surface area contributed by atoms with Crippen LogP contribution in [0.2, 0.25) is 0 Å². The summed E-state index contributed by atoms with van der Waals surface area (Å²) in [5, 5.41) is 2.17. The number of nitrogens with zero attached hydrogens (tertiary/aromatic N) is 1. The van der Waals surface area contributed by atoms with Crippen LogP contribution in [0.15, 0.2) is 78.4 Å². The molecule has 35 heavy (non-hydrogen) atoms. The topological polar surface area (TPSA) is 102 Å². The third-order valence-corrected chi connectivity index (χ3v) is 5.37. The minimum atomic E-state index is -0.872. The molecule has 0 saturated carbocycles. The van der Waals surface area contributed by atoms with E-state index in [1.165, 1.54) is 43.0 Å². The predicted molar refractivity (Wildman–Crippen MR) is 129 cm³/mol. The number of hydrogen-bond donors (Lipinski definition) is 1. The molecule has 1 N–H and O–H groups in total. The van der Waals surface area contributed by atoms with Gasteiger partial charge in [-0.2, -0.15) is 0 Å². The highest BCUT2D eigenvalue weighted by Crippen LogP contribution is 2.23. The number of amides is 4. The minimum absolute atomic E-state index is 0.199. The van der Waals surface area contributed by atoms with Crippen LogP contribution in [0, 0.1) is 6.92 Å². The van der Waals surface area contributed by atoms with Crippen LogP contribution in [0.4, 0.5) is 10.5 Å². The van der Waals surface area contributed by atoms with E-state index in [1.54, 1.807) is 24.3 Å². The van der Waals surface area contributed by atoms with Crippen molar-refractivity contribution in [3.8, 4) is 5.75 Å². The number of esters is 1. The Bertz CT molecular complexity index is 1310. The maximum absolute atomic E-state index is 13.0. The first-order valence-corrected chi connectivity index (χ1v) is 10.7. The molecular formula is C27H22N2O6. The van der Waals surface area contributed by atoms with Crippen molar-refractivity contribution < 1.29 is 28.7 Å². The molecular weight excluding hydrogens is 448 g/mol. The highest BCUT2D eigenvalue weighted by atomic mass is 16.5. The lowest BCUT2D eigenvalue weighted by molar-refractivity contribution is -0.122. The predicted octanol–water partition coefficient (Wildman–Crippen LogP) is 4.03. The number of benzene rings is 3. The Kier molecular flexibility index (Phi) is 6.73. The number of rotatable bonds is 6. The van der Waals surface area contributed by atoms with Gasteiger partial charge in [0, 0.05) is 0 Å². The van der Waals surface area contributed by atoms with Crippen LogP contribution in [0.1, 0.15) is 27.0 Å². The van der Waals surface area contributed by atoms with Crippen LogP contribution in [0.5, 0.6) is 5.75 Å². The molecule has 0 unspecified atom stereocenters. The molecule has 1 fully saturated rings. The molecule has 1 heterocycles. The van der Waals surface area contributed by atoms with Gasteiger partial charge in [0.25, 0.3) is 11.8 Å². The van der Waals surface area contributed by atoms with Gasteiger partial charge in [0.1, 0.15) is 17.9 Å². The first-order chi connectivity index (χ1) is 16.9. The molecule has 1 aliphatic heterocycles. The number of nitrogens with one attached hydrogen (secondary N) is 1. The van der Waals surface area contributed by atoms with Crippen molar-refractivity contribution in [2.24, 2.45) is 0 Å². The number of anilines is 1. The SMILES string of the molecule is COC(=O)c1ccc(N2C(=O)NC(=O)/C(=C\c3ccc(OCc4ccc(C)cc4)cc3)C2=O)cc1. The second kappa shape index (κ2) is 10.0. The fourth-order valence-corrected chi connectivity index (χ4v) is 3.43. The molecule has 0 radical (unpaired) electrons. The Labute approximate surface area is 201 Å². The summed E-state index contributed by atoms with van der Waals surface area (Å²) < 4.78 is 10.4. The van der Waals surface area contributed by atoms with E-state index in [-0.39, 0.29) is 16.8 Å². The lowest BCUT2D eigenvalue weighted by Crippen LogP contribution is -2.54. The second-order valence-electron chi connectivity index (χ2n) is 7.84. The molecule has 0 bridgehead atoms. The van der Waals surface area contributed by atoms with Gasteiger partial charge in [-0.05, 0) is 60.5 Å². The number of ether oxygens (including phenoxy) is 2. The molecule has 0 atom stereocenters. The van der Waals surface area contributed by atoms with E-state index in [0.717, 1.165) is 10.5 Å². The highest BCUT2D eigenvalue weighted by Gasteiger charge is 2.36. The van der Waals surface area contributed by atoms with Crippen molar-refractivity contribution in [1.82, 2.24) is 5.32 Å². The van der Waals surface area contributed by atoms with Crippen molar-refractivity contribution >= 4 is 35.6 Å². The van der Waals surface area contributed by atoms with Gasteiger partial charge in [0.15, 0.2) is 0 Å². The van der Waals surface area contributed by atoms with Gasteiger partial charge in [-0.3, -0.25) is 14.9 Å². The average molecular weight is 470 g/mol. The van der Waals surface area contributed by atoms with E-state index in [0.29, 0.717) is 17.9 Å². The van der Waals surface area contributed by atoms with E-state index in [1.807, 2.05) is 31.2 Å². The zero-order chi connectivity index (χ0) is 24.9. The number of carbonyl (C=O) groups excluding carboxylic acids is 4. The van der Waals surface area contributed by atoms with E-state index in [9.17, 15) is 19.2 Å². The van der Waals surface area contributed by atoms with E-state index in [4.69, 9.17) is 4.74 Å². The van der Waals surface area contributed by atoms with Gasteiger partial charge < -0.3 is 9.47 Å². The van der Waals surface area contributed by atoms with Gasteiger partial charge in [-0.1, -0.05) is 42.0 Å². The van der Waals surface area contributed by atoms with Gasteiger partial charge in [-0.15, -0.1) is 0 Å². The number of imide groups is 2. The third-order valence-electron chi connectivity index (χ3n) is 5.37. The lowest BCUT2D eigenvalue weighted by Gasteiger charge is -2.26. The number of methoxy groups -OCH3 is 1. The molecule has 1 aliphatic rings. The average Bonchev–Trinajstić information content (AvgIpc) is 2.87. The Morgan fingerprint density at radius 2 is 1.57 bits per heavy atom. The summed E-state index contributed by atoms with van der Waals surface area (Å²) in [6.07, 6.45) is 1.41. The largest absolute Gasteiger partial charge is 0.489 e. The maximum Gasteiger partial charge on any atom is 0.337 e. The molecule has 1 saturated heterocycles. The van der Waals surface area contributed by atoms with Crippen molar-refractivity contribution in [3.05, 3.63) is 101 Å². The molecule has 8 nitrogen and oxygen atoms in total. The lowest BCUT2D eigenvalue weighted by atomic mass is 10.1. The summed E-state index contributed by atoms with van der Waals surface area (Å²) >= 11 is 0. The molecule has 0 aromatic heterocycles. The smallest absolute Gasteiger partial charge is 0.337 e. The van der Waals surface area contributed by atoms with Crippen molar-refractivity contribution in [2.45, 2.75) is 13.5 Å². The zero-order valence-corrected chi connectivity index (χ0v) is 19.1. The summed E-state index contributed by atoms with van der Waals surface area (Å²) in [5.74, 6) is -1.48. The van der Waals surface area contributed by atoms with Gasteiger partial charge in [0.05, 0.1) is 18.4 Å². The number of aryl methyl sites for hydroxylation is 1. The normalized spacial score (nSPS) is 14.6. The molecule has 176 valence electrons. The van der Waals surface area contributed by atoms with Crippen LogP contribution >= 0.6 is 0 Å². The number of barbiturate groups is 1. The molecule has 8 heteroatoms. The summed E-state index contributed by atoms with van der Waals surface area (Å²) in [5.41, 5.74) is 3.06. The van der Waals surface area contributed by atoms with Crippen LogP contribution in [0.3, 0.4) is 0 Å². The Morgan fingerprint density at radius 1 is 0.914 bits per heavy atom. The first-order valence-electron chi connectivity index (χ1n) is 10.7. The number of hydrogen-bond acceptors (Lipinski definition) is 6. The van der Waals surface area contributed by atoms with E-state index in [2.05, 4.69) is 10.1 Å². The van der Waals surface area contributed by atoms with Gasteiger partial charge >= 0.3 is 12.0 Å². The second-order valence-corrected chi connectivity index (χ2v) is 7.84. The summed E-state index contributed by atoms with van der Waals surface area (Å²) in [4.78, 5) is 50.3. The van der Waals surface area contributed by atoms with Crippen LogP contribution in [-0.4, -0.2) is 30.9 Å². The maximum atomic E-state index is 13.0. The molecule has 4 amide bonds. The monoisotopic (exact) mass is 470 g/mol. The van der Waals surface area contributed by atoms with Gasteiger partial charge in [-0.25, -0.2) is 14.5 Å².